The van der Waals surface area contributed by atoms with E-state index in [4.69, 9.17) is 9.72 Å². The van der Waals surface area contributed by atoms with Crippen molar-refractivity contribution in [3.05, 3.63) is 58.3 Å². The third-order valence-corrected chi connectivity index (χ3v) is 6.53. The Hall–Kier alpha value is -2.91. The number of nitrogens with zero attached hydrogens (tertiary/aromatic N) is 4. The third-order valence-electron chi connectivity index (χ3n) is 6.53. The van der Waals surface area contributed by atoms with Crippen LogP contribution in [0.1, 0.15) is 55.6 Å². The van der Waals surface area contributed by atoms with Crippen LogP contribution in [-0.2, 0) is 35.4 Å². The summed E-state index contributed by atoms with van der Waals surface area (Å²) in [7, 11) is 0. The van der Waals surface area contributed by atoms with Crippen molar-refractivity contribution in [3.8, 4) is 6.07 Å². The fraction of sp³-hybridized carbons (Fsp3) is 0.519. The van der Waals surface area contributed by atoms with Gasteiger partial charge >= 0.3 is 0 Å². The van der Waals surface area contributed by atoms with Gasteiger partial charge < -0.3 is 14.5 Å². The van der Waals surface area contributed by atoms with E-state index in [1.54, 1.807) is 0 Å². The van der Waals surface area contributed by atoms with Gasteiger partial charge in [0.1, 0.15) is 11.9 Å². The second-order valence-electron chi connectivity index (χ2n) is 10.2. The van der Waals surface area contributed by atoms with Crippen LogP contribution in [0.5, 0.6) is 0 Å². The number of hydrogen-bond donors (Lipinski definition) is 0. The number of nitriles is 1. The highest BCUT2D eigenvalue weighted by Gasteiger charge is 2.33. The Kier molecular flexibility index (Phi) is 6.71. The Balaban J connectivity index is 1.56. The molecule has 2 aliphatic heterocycles. The monoisotopic (exact) mass is 446 g/mol. The van der Waals surface area contributed by atoms with E-state index in [1.165, 1.54) is 0 Å². The second-order valence-corrected chi connectivity index (χ2v) is 10.2. The third kappa shape index (κ3) is 5.20. The van der Waals surface area contributed by atoms with E-state index in [9.17, 15) is 10.1 Å². The first-order valence-corrected chi connectivity index (χ1v) is 11.9. The van der Waals surface area contributed by atoms with Crippen molar-refractivity contribution >= 4 is 11.7 Å². The molecule has 0 saturated carbocycles. The van der Waals surface area contributed by atoms with E-state index in [2.05, 4.69) is 38.7 Å². The highest BCUT2D eigenvalue weighted by Crippen LogP contribution is 2.35. The van der Waals surface area contributed by atoms with Gasteiger partial charge in [-0.05, 0) is 37.3 Å². The molecule has 174 valence electrons. The summed E-state index contributed by atoms with van der Waals surface area (Å²) >= 11 is 0. The molecule has 1 saturated heterocycles. The predicted octanol–water partition coefficient (Wildman–Crippen LogP) is 3.89. The Labute approximate surface area is 197 Å². The molecule has 2 aliphatic rings. The maximum absolute atomic E-state index is 12.8. The lowest BCUT2D eigenvalue weighted by Crippen LogP contribution is -2.50. The molecule has 0 radical (unpaired) electrons. The highest BCUT2D eigenvalue weighted by atomic mass is 16.5. The van der Waals surface area contributed by atoms with Crippen LogP contribution in [0.25, 0.3) is 0 Å². The zero-order valence-electron chi connectivity index (χ0n) is 20.2. The van der Waals surface area contributed by atoms with Gasteiger partial charge in [0.25, 0.3) is 0 Å². The molecule has 1 aromatic carbocycles. The van der Waals surface area contributed by atoms with E-state index < -0.39 is 0 Å². The normalized spacial score (nSPS) is 17.6. The molecule has 4 rings (SSSR count). The topological polar surface area (TPSA) is 69.5 Å². The Bertz CT molecular complexity index is 1050. The van der Waals surface area contributed by atoms with E-state index >= 15 is 0 Å². The van der Waals surface area contributed by atoms with Crippen molar-refractivity contribution in [1.29, 1.82) is 5.26 Å². The van der Waals surface area contributed by atoms with Crippen LogP contribution >= 0.6 is 0 Å². The molecule has 0 bridgehead atoms. The number of amides is 1. The molecular formula is C27H34N4O2. The molecular weight excluding hydrogens is 412 g/mol. The standard InChI is InChI=1S/C27H34N4O2/c1-19(2)14-21-22(17-28)26(29-24-16-27(3,4)33-18-23(21)24)31-12-10-30(11-13-31)25(32)15-20-8-6-5-7-9-20/h5-9,19H,10-16,18H2,1-4H3. The van der Waals surface area contributed by atoms with Crippen LogP contribution in [0.15, 0.2) is 30.3 Å². The van der Waals surface area contributed by atoms with Crippen LogP contribution in [0.2, 0.25) is 0 Å². The van der Waals surface area contributed by atoms with Crippen LogP contribution in [-0.4, -0.2) is 47.6 Å². The fourth-order valence-corrected chi connectivity index (χ4v) is 4.78. The van der Waals surface area contributed by atoms with Gasteiger partial charge in [-0.15, -0.1) is 0 Å². The molecule has 6 nitrogen and oxygen atoms in total. The summed E-state index contributed by atoms with van der Waals surface area (Å²) in [5.74, 6) is 1.36. The number of piperazine rings is 1. The Morgan fingerprint density at radius 1 is 1.18 bits per heavy atom. The van der Waals surface area contributed by atoms with Crippen molar-refractivity contribution in [1.82, 2.24) is 9.88 Å². The molecule has 1 amide bonds. The predicted molar refractivity (Wildman–Crippen MR) is 129 cm³/mol. The second kappa shape index (κ2) is 9.52. The zero-order chi connectivity index (χ0) is 23.6. The van der Waals surface area contributed by atoms with Gasteiger partial charge in [-0.2, -0.15) is 5.26 Å². The molecule has 0 N–H and O–H groups in total. The number of fused-ring (bicyclic) bond motifs is 1. The van der Waals surface area contributed by atoms with Crippen LogP contribution in [0.3, 0.4) is 0 Å². The van der Waals surface area contributed by atoms with Crippen molar-refractivity contribution < 1.29 is 9.53 Å². The zero-order valence-corrected chi connectivity index (χ0v) is 20.2. The summed E-state index contributed by atoms with van der Waals surface area (Å²) in [4.78, 5) is 21.9. The largest absolute Gasteiger partial charge is 0.370 e. The van der Waals surface area contributed by atoms with Gasteiger partial charge in [0.2, 0.25) is 5.91 Å². The summed E-state index contributed by atoms with van der Waals surface area (Å²) in [6.45, 7) is 11.7. The first-order valence-electron chi connectivity index (χ1n) is 11.9. The first kappa shape index (κ1) is 23.3. The maximum Gasteiger partial charge on any atom is 0.227 e. The summed E-state index contributed by atoms with van der Waals surface area (Å²) in [5, 5.41) is 10.1. The maximum atomic E-state index is 12.8. The molecule has 6 heteroatoms. The Morgan fingerprint density at radius 2 is 1.88 bits per heavy atom. The fourth-order valence-electron chi connectivity index (χ4n) is 4.78. The van der Waals surface area contributed by atoms with Crippen molar-refractivity contribution in [2.45, 2.75) is 59.2 Å². The number of carbonyl (C=O) groups is 1. The number of anilines is 1. The van der Waals surface area contributed by atoms with E-state index in [0.717, 1.165) is 41.0 Å². The lowest BCUT2D eigenvalue weighted by Gasteiger charge is -2.38. The quantitative estimate of drug-likeness (QED) is 0.697. The average Bonchev–Trinajstić information content (AvgIpc) is 2.78. The minimum Gasteiger partial charge on any atom is -0.370 e. The summed E-state index contributed by atoms with van der Waals surface area (Å²) in [6, 6.07) is 12.3. The Morgan fingerprint density at radius 3 is 2.52 bits per heavy atom. The number of carbonyl (C=O) groups excluding carboxylic acids is 1. The van der Waals surface area contributed by atoms with Crippen LogP contribution in [0, 0.1) is 17.2 Å². The number of rotatable bonds is 5. The van der Waals surface area contributed by atoms with Crippen molar-refractivity contribution in [3.63, 3.8) is 0 Å². The number of pyridine rings is 1. The summed E-state index contributed by atoms with van der Waals surface area (Å²) < 4.78 is 6.08. The molecule has 0 aliphatic carbocycles. The average molecular weight is 447 g/mol. The number of benzene rings is 1. The van der Waals surface area contributed by atoms with Crippen molar-refractivity contribution in [2.24, 2.45) is 5.92 Å². The molecule has 0 unspecified atom stereocenters. The number of ether oxygens (including phenoxy) is 1. The van der Waals surface area contributed by atoms with Gasteiger partial charge in [-0.25, -0.2) is 4.98 Å². The van der Waals surface area contributed by atoms with E-state index in [-0.39, 0.29) is 11.5 Å². The minimum absolute atomic E-state index is 0.152. The minimum atomic E-state index is -0.261. The smallest absolute Gasteiger partial charge is 0.227 e. The molecule has 0 spiro atoms. The molecule has 1 aromatic heterocycles. The highest BCUT2D eigenvalue weighted by molar-refractivity contribution is 5.79. The molecule has 3 heterocycles. The number of hydrogen-bond acceptors (Lipinski definition) is 5. The van der Waals surface area contributed by atoms with Gasteiger partial charge in [0.15, 0.2) is 0 Å². The van der Waals surface area contributed by atoms with Gasteiger partial charge in [-0.3, -0.25) is 4.79 Å². The number of aromatic nitrogens is 1. The van der Waals surface area contributed by atoms with Gasteiger partial charge in [-0.1, -0.05) is 44.2 Å². The lowest BCUT2D eigenvalue weighted by molar-refractivity contribution is -0.130. The molecule has 1 fully saturated rings. The lowest BCUT2D eigenvalue weighted by atomic mass is 9.88. The summed E-state index contributed by atoms with van der Waals surface area (Å²) in [6.07, 6.45) is 2.00. The van der Waals surface area contributed by atoms with Crippen molar-refractivity contribution in [2.75, 3.05) is 31.1 Å². The molecule has 2 aromatic rings. The van der Waals surface area contributed by atoms with Gasteiger partial charge in [0.05, 0.1) is 29.9 Å². The SMILES string of the molecule is CC(C)Cc1c(C#N)c(N2CCN(C(=O)Cc3ccccc3)CC2)nc2c1COC(C)(C)C2. The van der Waals surface area contributed by atoms with Crippen LogP contribution < -0.4 is 4.90 Å². The van der Waals surface area contributed by atoms with E-state index in [1.807, 2.05) is 35.2 Å². The van der Waals surface area contributed by atoms with Gasteiger partial charge in [0, 0.05) is 38.2 Å². The molecule has 33 heavy (non-hydrogen) atoms. The first-order chi connectivity index (χ1) is 15.8. The summed E-state index contributed by atoms with van der Waals surface area (Å²) in [5.41, 5.74) is 4.69. The van der Waals surface area contributed by atoms with Crippen LogP contribution in [0.4, 0.5) is 5.82 Å². The molecule has 0 atom stereocenters. The van der Waals surface area contributed by atoms with E-state index in [0.29, 0.717) is 50.7 Å².